The minimum absolute atomic E-state index is 0.0564. The Kier molecular flexibility index (Phi) is 41.6. The number of ether oxygens (including phenoxy) is 4. The number of hydrogen-bond acceptors (Lipinski definition) is 22. The van der Waals surface area contributed by atoms with E-state index in [0.717, 1.165) is 96.6 Å². The van der Waals surface area contributed by atoms with E-state index in [2.05, 4.69) is 84.1 Å². The zero-order valence-electron chi connectivity index (χ0n) is 75.4. The van der Waals surface area contributed by atoms with Crippen LogP contribution >= 0.6 is 34.8 Å². The van der Waals surface area contributed by atoms with Gasteiger partial charge in [-0.05, 0) is 154 Å². The highest BCUT2D eigenvalue weighted by Gasteiger charge is 2.20. The number of halogens is 3. The van der Waals surface area contributed by atoms with Gasteiger partial charge in [0.05, 0.1) is 31.9 Å². The number of nitrogens with one attached hydrogen (secondary N) is 7. The quantitative estimate of drug-likeness (QED) is 0.00977. The molecule has 16 rings (SSSR count). The van der Waals surface area contributed by atoms with Crippen LogP contribution in [-0.4, -0.2) is 145 Å². The second-order valence-corrected chi connectivity index (χ2v) is 31.4. The van der Waals surface area contributed by atoms with Crippen LogP contribution in [0.3, 0.4) is 0 Å². The third-order valence-electron chi connectivity index (χ3n) is 19.3. The second-order valence-electron chi connectivity index (χ2n) is 30.1. The largest absolute Gasteiger partial charge is 0.476 e. The van der Waals surface area contributed by atoms with Crippen LogP contribution in [0.4, 0.5) is 0 Å². The van der Waals surface area contributed by atoms with Crippen LogP contribution in [0, 0.1) is 0 Å². The number of carbonyl (C=O) groups is 10. The highest BCUT2D eigenvalue weighted by Crippen LogP contribution is 2.25. The summed E-state index contributed by atoms with van der Waals surface area (Å²) < 4.78 is 19.4. The lowest BCUT2D eigenvalue weighted by Gasteiger charge is -2.07. The molecule has 10 aromatic carbocycles. The van der Waals surface area contributed by atoms with Crippen LogP contribution in [0.1, 0.15) is 169 Å². The Morgan fingerprint density at radius 1 is 0.343 bits per heavy atom. The van der Waals surface area contributed by atoms with Gasteiger partial charge in [0.25, 0.3) is 0 Å². The number of aromatic amines is 7. The molecular formula is C104H97Cl3N12O18. The van der Waals surface area contributed by atoms with Crippen molar-refractivity contribution in [2.24, 2.45) is 0 Å². The van der Waals surface area contributed by atoms with Gasteiger partial charge in [-0.3, -0.25) is 63.8 Å². The number of aromatic nitrogens is 12. The molecule has 0 aliphatic carbocycles. The normalized spacial score (nSPS) is 10.3. The van der Waals surface area contributed by atoms with Crippen molar-refractivity contribution < 1.29 is 72.0 Å². The number of aromatic carboxylic acids is 1. The van der Waals surface area contributed by atoms with Gasteiger partial charge in [0.1, 0.15) is 11.6 Å². The third kappa shape index (κ3) is 36.0. The Labute approximate surface area is 800 Å². The first-order valence-corrected chi connectivity index (χ1v) is 44.0. The van der Waals surface area contributed by atoms with Crippen molar-refractivity contribution in [3.8, 4) is 5.75 Å². The van der Waals surface area contributed by atoms with Crippen molar-refractivity contribution in [3.63, 3.8) is 0 Å². The van der Waals surface area contributed by atoms with Gasteiger partial charge >= 0.3 is 41.0 Å². The lowest BCUT2D eigenvalue weighted by molar-refractivity contribution is -0.152. The minimum atomic E-state index is -1.01. The van der Waals surface area contributed by atoms with Gasteiger partial charge in [-0.1, -0.05) is 247 Å². The lowest BCUT2D eigenvalue weighted by atomic mass is 10.0. The van der Waals surface area contributed by atoms with Gasteiger partial charge in [0, 0.05) is 121 Å². The molecule has 0 unspecified atom stereocenters. The number of carboxylic acid groups (broad SMARTS) is 1. The number of hydrogen-bond donors (Lipinski definition) is 8. The lowest BCUT2D eigenvalue weighted by Crippen LogP contribution is -2.27. The zero-order valence-corrected chi connectivity index (χ0v) is 77.6. The summed E-state index contributed by atoms with van der Waals surface area (Å²) in [4.78, 5) is 145. The molecule has 0 bridgehead atoms. The number of Topliss-reactive ketones (excluding diaryl/α,β-unsaturated/α-hetero) is 5. The number of esters is 4. The Bertz CT molecular complexity index is 6910. The average molecular weight is 1910 g/mol. The summed E-state index contributed by atoms with van der Waals surface area (Å²) in [5, 5.41) is 53.7. The number of fused-ring (bicyclic) bond motifs is 2. The summed E-state index contributed by atoms with van der Waals surface area (Å²) in [7, 11) is 0. The van der Waals surface area contributed by atoms with Crippen molar-refractivity contribution >= 4 is 115 Å². The molecule has 0 saturated heterocycles. The molecule has 33 heteroatoms. The fraction of sp³-hybridized carbons (Fsp3) is 0.173. The van der Waals surface area contributed by atoms with E-state index in [1.165, 1.54) is 24.6 Å². The number of H-pyrrole nitrogens is 7. The maximum absolute atomic E-state index is 12.6. The summed E-state index contributed by atoms with van der Waals surface area (Å²) in [6, 6.07) is 89.0. The molecule has 0 aliphatic heterocycles. The predicted molar refractivity (Wildman–Crippen MR) is 520 cm³/mol. The summed E-state index contributed by atoms with van der Waals surface area (Å²) in [5.74, 6) is -5.24. The van der Waals surface area contributed by atoms with E-state index in [-0.39, 0.29) is 54.1 Å². The predicted octanol–water partition coefficient (Wildman–Crippen LogP) is 17.2. The Balaban J connectivity index is 0.000000181. The minimum Gasteiger partial charge on any atom is -0.476 e. The molecule has 0 fully saturated rings. The van der Waals surface area contributed by atoms with E-state index in [1.807, 2.05) is 194 Å². The van der Waals surface area contributed by atoms with E-state index >= 15 is 0 Å². The maximum atomic E-state index is 12.6. The highest BCUT2D eigenvalue weighted by molar-refractivity contribution is 6.39. The molecule has 0 saturated carbocycles. The van der Waals surface area contributed by atoms with Crippen molar-refractivity contribution in [1.82, 2.24) is 61.2 Å². The standard InChI is InChI=1S/C26H20N4O3.C15H12N2O2.C13H13ClN2O2.C13H14N2O2.C12H11ClO3.C11H10N2O2.C9H9ClO.C5H8O3/c31-25-24(33-26(32)23-15-20(27-29-23)13-17-7-2-1-3-8-17)16-21(28-30-25)14-19-11-6-10-18-9-4-5-12-22(18)19;18-14-9-12(16-17-15(14)19)8-11-6-3-5-10-4-1-2-7-13(10)11;1-2-18-13(17)12-8-11(15-16-12)7-9-3-5-10(14)6-4-9;1-2-17-13(16)12-9-11(14-15-12)8-10-6-4-3-5-7-10;1-8(14)12(16)7-11(15)6-9-2-4-10(13)5-3-9;14-11(15)10-7-9(12-13-10)6-8-4-2-1-3-5-8;1-7(11)6-8-2-4-9(10)5-3-8;1-3-8-5(7)4(2)6/h1-12,15-16H,13-14H2,(H,27,29)(H,30,31);1-7,9H,8H2,(H,16,18)(H,17,19);3-6,8H,2,7H2,1H3,(H,15,16);3-7,9H,2,8H2,1H3,(H,14,15);2-5H,6-7H2,1H3;1-5,7H,6H2,(H,12,13)(H,14,15);2-5H,6H2,1H3;3H2,1-2H3. The summed E-state index contributed by atoms with van der Waals surface area (Å²) in [6.07, 6.45) is 4.05. The molecule has 702 valence electrons. The van der Waals surface area contributed by atoms with Crippen LogP contribution in [0.25, 0.3) is 21.5 Å². The van der Waals surface area contributed by atoms with Gasteiger partial charge in [-0.2, -0.15) is 25.5 Å². The Morgan fingerprint density at radius 3 is 1.12 bits per heavy atom. The molecule has 0 amide bonds. The molecule has 16 aromatic rings. The topological polar surface area (TPSA) is 454 Å². The van der Waals surface area contributed by atoms with Gasteiger partial charge in [-0.25, -0.2) is 29.1 Å². The number of benzene rings is 10. The molecule has 30 nitrogen and oxygen atoms in total. The smallest absolute Gasteiger partial charge is 0.374 e. The molecule has 0 atom stereocenters. The number of carboxylic acids is 1. The zero-order chi connectivity index (χ0) is 98.5. The van der Waals surface area contributed by atoms with Gasteiger partial charge in [0.15, 0.2) is 34.3 Å². The molecule has 8 N–H and O–H groups in total. The first-order valence-electron chi connectivity index (χ1n) is 42.9. The molecular weight excluding hydrogens is 1810 g/mol. The average Bonchev–Trinajstić information content (AvgIpc) is 1.10. The van der Waals surface area contributed by atoms with E-state index < -0.39 is 57.8 Å². The van der Waals surface area contributed by atoms with E-state index in [1.54, 1.807) is 88.4 Å². The second kappa shape index (κ2) is 54.6. The molecule has 0 spiro atoms. The van der Waals surface area contributed by atoms with Gasteiger partial charge < -0.3 is 29.2 Å². The molecule has 0 aliphatic rings. The van der Waals surface area contributed by atoms with Gasteiger partial charge in [-0.15, -0.1) is 0 Å². The molecule has 6 aromatic heterocycles. The van der Waals surface area contributed by atoms with Crippen molar-refractivity contribution in [2.75, 3.05) is 19.8 Å². The fourth-order valence-electron chi connectivity index (χ4n) is 12.8. The van der Waals surface area contributed by atoms with Crippen LogP contribution in [0.5, 0.6) is 5.75 Å². The summed E-state index contributed by atoms with van der Waals surface area (Å²) in [6.45, 7) is 10.1. The summed E-state index contributed by atoms with van der Waals surface area (Å²) >= 11 is 17.2. The highest BCUT2D eigenvalue weighted by atomic mass is 35.5. The first kappa shape index (κ1) is 104. The van der Waals surface area contributed by atoms with Crippen molar-refractivity contribution in [3.05, 3.63) is 433 Å². The SMILES string of the molecule is CC(=O)C(=O)CC(=O)Cc1ccc(Cl)cc1.CC(=O)Cc1ccc(Cl)cc1.CCOC(=O)C(C)=O.CCOC(=O)c1cc(Cc2ccc(Cl)cc2)[nH]n1.CCOC(=O)c1cc(Cc2ccccc2)[nH]n1.O=C(O)c1cc(Cc2ccccc2)[nH]n1.O=C(Oc1cc(Cc2cccc3ccccc23)n[nH]c1=O)c1cc(Cc2ccccc2)[nH]n1.O=c1cc(Cc2cccc3ccccc23)[nH][nH]c1=O. The Morgan fingerprint density at radius 2 is 0.723 bits per heavy atom. The molecule has 6 heterocycles. The third-order valence-corrected chi connectivity index (χ3v) is 20.1. The number of rotatable bonds is 28. The van der Waals surface area contributed by atoms with E-state index in [0.29, 0.717) is 89.6 Å². The first-order chi connectivity index (χ1) is 66.0. The maximum Gasteiger partial charge on any atom is 0.374 e. The van der Waals surface area contributed by atoms with E-state index in [9.17, 15) is 62.3 Å². The number of ketones is 5. The number of nitrogens with zero attached hydrogens (tertiary/aromatic N) is 5. The van der Waals surface area contributed by atoms with Gasteiger partial charge in [0.2, 0.25) is 17.0 Å². The van der Waals surface area contributed by atoms with Crippen molar-refractivity contribution in [1.29, 1.82) is 0 Å². The van der Waals surface area contributed by atoms with Crippen LogP contribution in [-0.2, 0) is 94.3 Å². The Hall–Kier alpha value is -16.3. The molecule has 0 radical (unpaired) electrons. The monoisotopic (exact) mass is 1910 g/mol. The number of carbonyl (C=O) groups excluding carboxylic acids is 9. The fourth-order valence-corrected chi connectivity index (χ4v) is 13.2. The van der Waals surface area contributed by atoms with E-state index in [4.69, 9.17) is 54.1 Å². The van der Waals surface area contributed by atoms with Crippen LogP contribution < -0.4 is 21.3 Å². The van der Waals surface area contributed by atoms with Crippen LogP contribution in [0.2, 0.25) is 15.1 Å². The van der Waals surface area contributed by atoms with Crippen molar-refractivity contribution in [2.45, 2.75) is 99.3 Å². The molecule has 137 heavy (non-hydrogen) atoms. The van der Waals surface area contributed by atoms with Crippen LogP contribution in [0.15, 0.2) is 300 Å². The summed E-state index contributed by atoms with van der Waals surface area (Å²) in [5.41, 5.74) is 12.1.